The Kier molecular flexibility index (Phi) is 13.0. The summed E-state index contributed by atoms with van der Waals surface area (Å²) in [6.07, 6.45) is 6.40. The molecule has 1 aromatic heterocycles. The molecule has 0 aliphatic carbocycles. The molecule has 0 bridgehead atoms. The number of H-pyrrole nitrogens is 1. The van der Waals surface area contributed by atoms with Crippen molar-refractivity contribution in [1.82, 2.24) is 19.7 Å². The number of aromatic nitrogens is 1. The lowest BCUT2D eigenvalue weighted by Gasteiger charge is -2.28. The van der Waals surface area contributed by atoms with Crippen molar-refractivity contribution in [2.45, 2.75) is 64.2 Å². The van der Waals surface area contributed by atoms with Crippen LogP contribution >= 0.6 is 0 Å². The number of hydrogen-bond acceptors (Lipinski definition) is 6. The summed E-state index contributed by atoms with van der Waals surface area (Å²) in [6.45, 7) is 6.39. The maximum atomic E-state index is 12.8. The summed E-state index contributed by atoms with van der Waals surface area (Å²) >= 11 is 0. The number of carbonyl (C=O) groups is 1. The van der Waals surface area contributed by atoms with E-state index in [1.54, 1.807) is 6.07 Å². The van der Waals surface area contributed by atoms with Crippen molar-refractivity contribution in [3.63, 3.8) is 0 Å². The van der Waals surface area contributed by atoms with E-state index < -0.39 is 6.10 Å². The highest BCUT2D eigenvalue weighted by molar-refractivity contribution is 5.87. The fraction of sp³-hybridized carbons (Fsp3) is 0.436. The van der Waals surface area contributed by atoms with Crippen LogP contribution in [-0.4, -0.2) is 77.0 Å². The summed E-state index contributed by atoms with van der Waals surface area (Å²) in [4.78, 5) is 34.6. The van der Waals surface area contributed by atoms with Crippen LogP contribution in [0.3, 0.4) is 0 Å². The molecule has 8 heteroatoms. The summed E-state index contributed by atoms with van der Waals surface area (Å²) in [5.74, 6) is 0.796. The molecule has 8 nitrogen and oxygen atoms in total. The van der Waals surface area contributed by atoms with Gasteiger partial charge in [-0.05, 0) is 74.1 Å². The van der Waals surface area contributed by atoms with Crippen LogP contribution in [0.4, 0.5) is 0 Å². The monoisotopic (exact) mass is 638 g/mol. The fourth-order valence-electron chi connectivity index (χ4n) is 6.39. The third-order valence-electron chi connectivity index (χ3n) is 9.16. The Balaban J connectivity index is 1.18. The molecule has 1 aliphatic rings. The summed E-state index contributed by atoms with van der Waals surface area (Å²) in [5.41, 5.74) is 3.34. The lowest BCUT2D eigenvalue weighted by molar-refractivity contribution is -0.130. The number of carbonyl (C=O) groups excluding carboxylic acids is 1. The predicted octanol–water partition coefficient (Wildman–Crippen LogP) is 6.15. The first-order valence-corrected chi connectivity index (χ1v) is 17.2. The molecule has 0 spiro atoms. The Labute approximate surface area is 279 Å². The minimum Gasteiger partial charge on any atom is -0.487 e. The number of pyridine rings is 1. The Hall–Kier alpha value is -3.98. The molecule has 2 N–H and O–H groups in total. The molecule has 5 rings (SSSR count). The number of amides is 1. The number of likely N-dealkylation sites (N-methyl/N-ethyl adjacent to an activating group) is 1. The van der Waals surface area contributed by atoms with E-state index in [-0.39, 0.29) is 11.5 Å². The number of aliphatic hydroxyl groups is 1. The number of hydrogen-bond donors (Lipinski definition) is 2. The molecule has 47 heavy (non-hydrogen) atoms. The zero-order valence-corrected chi connectivity index (χ0v) is 27.8. The smallest absolute Gasteiger partial charge is 0.248 e. The van der Waals surface area contributed by atoms with Crippen molar-refractivity contribution in [2.75, 3.05) is 46.3 Å². The van der Waals surface area contributed by atoms with Crippen molar-refractivity contribution in [3.8, 4) is 5.75 Å². The quantitative estimate of drug-likeness (QED) is 0.135. The van der Waals surface area contributed by atoms with Crippen LogP contribution in [-0.2, 0) is 17.9 Å². The van der Waals surface area contributed by atoms with Crippen molar-refractivity contribution in [1.29, 1.82) is 0 Å². The van der Waals surface area contributed by atoms with Crippen LogP contribution in [0.15, 0.2) is 89.7 Å². The zero-order chi connectivity index (χ0) is 32.8. The van der Waals surface area contributed by atoms with Crippen molar-refractivity contribution in [3.05, 3.63) is 112 Å². The van der Waals surface area contributed by atoms with E-state index in [2.05, 4.69) is 26.9 Å². The molecule has 0 saturated carbocycles. The second-order valence-electron chi connectivity index (χ2n) is 12.8. The van der Waals surface area contributed by atoms with Crippen LogP contribution < -0.4 is 10.3 Å². The maximum absolute atomic E-state index is 12.8. The molecule has 250 valence electrons. The SMILES string of the molecule is CN(CCN1CCCCC1)C(=O)CCCCCN(Cc1ccccc1)CC(O)c1ccc(OCc2ccccc2)c2[nH]c(=O)ccc12. The van der Waals surface area contributed by atoms with Gasteiger partial charge in [0.25, 0.3) is 0 Å². The molecule has 2 heterocycles. The van der Waals surface area contributed by atoms with Gasteiger partial charge in [0.05, 0.1) is 11.6 Å². The van der Waals surface area contributed by atoms with Crippen LogP contribution in [0.2, 0.25) is 0 Å². The summed E-state index contributed by atoms with van der Waals surface area (Å²) in [5, 5.41) is 12.4. The Morgan fingerprint density at radius 1 is 0.872 bits per heavy atom. The first-order valence-electron chi connectivity index (χ1n) is 17.2. The zero-order valence-electron chi connectivity index (χ0n) is 27.8. The van der Waals surface area contributed by atoms with Gasteiger partial charge in [-0.25, -0.2) is 0 Å². The van der Waals surface area contributed by atoms with Gasteiger partial charge < -0.3 is 24.6 Å². The molecule has 1 fully saturated rings. The minimum atomic E-state index is -0.773. The first kappa shape index (κ1) is 34.4. The number of aromatic amines is 1. The highest BCUT2D eigenvalue weighted by Gasteiger charge is 2.19. The lowest BCUT2D eigenvalue weighted by atomic mass is 10.0. The molecule has 1 amide bonds. The second-order valence-corrected chi connectivity index (χ2v) is 12.8. The molecule has 1 atom stereocenters. The molecule has 1 aliphatic heterocycles. The van der Waals surface area contributed by atoms with Gasteiger partial charge >= 0.3 is 0 Å². The average Bonchev–Trinajstić information content (AvgIpc) is 3.10. The van der Waals surface area contributed by atoms with E-state index in [0.29, 0.717) is 37.4 Å². The fourth-order valence-corrected chi connectivity index (χ4v) is 6.39. The molecule has 1 unspecified atom stereocenters. The van der Waals surface area contributed by atoms with Gasteiger partial charge in [-0.15, -0.1) is 0 Å². The number of nitrogens with one attached hydrogen (secondary N) is 1. The van der Waals surface area contributed by atoms with Gasteiger partial charge in [0.2, 0.25) is 11.5 Å². The van der Waals surface area contributed by atoms with Gasteiger partial charge in [-0.3, -0.25) is 14.5 Å². The van der Waals surface area contributed by atoms with E-state index in [9.17, 15) is 14.7 Å². The van der Waals surface area contributed by atoms with Gasteiger partial charge in [-0.2, -0.15) is 0 Å². The van der Waals surface area contributed by atoms with Crippen molar-refractivity contribution in [2.24, 2.45) is 0 Å². The third-order valence-corrected chi connectivity index (χ3v) is 9.16. The Morgan fingerprint density at radius 3 is 2.34 bits per heavy atom. The molecular formula is C39H50N4O4. The third kappa shape index (κ3) is 10.5. The largest absolute Gasteiger partial charge is 0.487 e. The average molecular weight is 639 g/mol. The van der Waals surface area contributed by atoms with E-state index in [1.807, 2.05) is 72.6 Å². The van der Waals surface area contributed by atoms with Gasteiger partial charge in [0, 0.05) is 51.1 Å². The predicted molar refractivity (Wildman–Crippen MR) is 188 cm³/mol. The highest BCUT2D eigenvalue weighted by atomic mass is 16.5. The van der Waals surface area contributed by atoms with E-state index >= 15 is 0 Å². The van der Waals surface area contributed by atoms with E-state index in [4.69, 9.17) is 4.74 Å². The van der Waals surface area contributed by atoms with Crippen LogP contribution in [0, 0.1) is 0 Å². The topological polar surface area (TPSA) is 89.1 Å². The summed E-state index contributed by atoms with van der Waals surface area (Å²) in [7, 11) is 1.93. The second kappa shape index (κ2) is 17.8. The lowest BCUT2D eigenvalue weighted by Crippen LogP contribution is -2.38. The van der Waals surface area contributed by atoms with Crippen LogP contribution in [0.25, 0.3) is 10.9 Å². The van der Waals surface area contributed by atoms with Crippen molar-refractivity contribution >= 4 is 16.8 Å². The summed E-state index contributed by atoms with van der Waals surface area (Å²) in [6, 6.07) is 27.2. The minimum absolute atomic E-state index is 0.217. The Morgan fingerprint density at radius 2 is 1.60 bits per heavy atom. The van der Waals surface area contributed by atoms with Crippen LogP contribution in [0.1, 0.15) is 67.7 Å². The number of aliphatic hydroxyl groups excluding tert-OH is 1. The van der Waals surface area contributed by atoms with Gasteiger partial charge in [0.1, 0.15) is 12.4 Å². The number of nitrogens with zero attached hydrogens (tertiary/aromatic N) is 3. The highest BCUT2D eigenvalue weighted by Crippen LogP contribution is 2.31. The maximum Gasteiger partial charge on any atom is 0.248 e. The van der Waals surface area contributed by atoms with Crippen molar-refractivity contribution < 1.29 is 14.6 Å². The molecule has 3 aromatic carbocycles. The standard InChI is InChI=1S/C39H50N4O4/c1-41(26-27-42-23-12-5-13-24-42)38(46)18-10-4-11-25-43(28-31-14-6-2-7-15-31)29-35(44)33-19-21-36(39-34(33)20-22-37(45)40-39)47-30-32-16-8-3-9-17-32/h2-3,6-9,14-17,19-22,35,44H,4-5,10-13,18,23-30H2,1H3,(H,40,45). The number of benzene rings is 3. The number of likely N-dealkylation sites (tertiary alicyclic amines) is 1. The first-order chi connectivity index (χ1) is 23.0. The molecule has 0 radical (unpaired) electrons. The van der Waals surface area contributed by atoms with Crippen LogP contribution in [0.5, 0.6) is 5.75 Å². The number of fused-ring (bicyclic) bond motifs is 1. The van der Waals surface area contributed by atoms with Gasteiger partial charge in [0.15, 0.2) is 0 Å². The Bertz CT molecular complexity index is 1590. The number of unbranched alkanes of at least 4 members (excludes halogenated alkanes) is 2. The van der Waals surface area contributed by atoms with E-state index in [0.717, 1.165) is 68.5 Å². The molecular weight excluding hydrogens is 588 g/mol. The summed E-state index contributed by atoms with van der Waals surface area (Å²) < 4.78 is 6.11. The number of ether oxygens (including phenoxy) is 1. The molecule has 4 aromatic rings. The molecule has 1 saturated heterocycles. The van der Waals surface area contributed by atoms with E-state index in [1.165, 1.54) is 30.9 Å². The number of piperidine rings is 1. The normalized spacial score (nSPS) is 14.4. The van der Waals surface area contributed by atoms with Gasteiger partial charge in [-0.1, -0.05) is 79.6 Å². The number of rotatable bonds is 17.